The molecule has 1 heterocycles. The van der Waals surface area contributed by atoms with Gasteiger partial charge in [0.05, 0.1) is 16.3 Å². The molecule has 0 atom stereocenters. The van der Waals surface area contributed by atoms with Crippen molar-refractivity contribution in [3.8, 4) is 5.69 Å². The number of fused-ring (bicyclic) bond motifs is 1. The van der Waals surface area contributed by atoms with Crippen LogP contribution >= 0.6 is 0 Å². The average molecular weight is 406 g/mol. The summed E-state index contributed by atoms with van der Waals surface area (Å²) in [5.74, 6) is 0. The van der Waals surface area contributed by atoms with Crippen molar-refractivity contribution in [2.24, 2.45) is 0 Å². The molecule has 4 rings (SSSR count). The normalized spacial score (nSPS) is 12.0. The molecule has 0 aliphatic heterocycles. The average Bonchev–Trinajstić information content (AvgIpc) is 3.02. The molecule has 5 nitrogen and oxygen atoms in total. The molecular formula is C23H23N3O2S. The molecule has 0 radical (unpaired) electrons. The Bertz CT molecular complexity index is 1270. The standard InChI is InChI=1S/C23H23N3O2S/c1-17-22(18(2)26(24-17)20-12-5-4-6-13-20)16-25(3)29(27,28)23-15-9-11-19-10-7-8-14-21(19)23/h4-15H,16H2,1-3H3. The van der Waals surface area contributed by atoms with Gasteiger partial charge < -0.3 is 0 Å². The van der Waals surface area contributed by atoms with E-state index in [2.05, 4.69) is 5.10 Å². The maximum absolute atomic E-state index is 13.3. The van der Waals surface area contributed by atoms with Gasteiger partial charge in [0.25, 0.3) is 0 Å². The van der Waals surface area contributed by atoms with Crippen LogP contribution in [-0.4, -0.2) is 29.6 Å². The first-order chi connectivity index (χ1) is 13.9. The summed E-state index contributed by atoms with van der Waals surface area (Å²) in [6.07, 6.45) is 0. The lowest BCUT2D eigenvalue weighted by molar-refractivity contribution is 0.466. The molecule has 0 saturated heterocycles. The number of aromatic nitrogens is 2. The highest BCUT2D eigenvalue weighted by molar-refractivity contribution is 7.89. The molecule has 0 amide bonds. The topological polar surface area (TPSA) is 55.2 Å². The molecular weight excluding hydrogens is 382 g/mol. The van der Waals surface area contributed by atoms with Gasteiger partial charge in [-0.2, -0.15) is 9.40 Å². The van der Waals surface area contributed by atoms with Crippen LogP contribution in [0.5, 0.6) is 0 Å². The molecule has 3 aromatic carbocycles. The fraction of sp³-hybridized carbons (Fsp3) is 0.174. The molecule has 4 aromatic rings. The second-order valence-electron chi connectivity index (χ2n) is 7.14. The molecule has 0 unspecified atom stereocenters. The van der Waals surface area contributed by atoms with Crippen LogP contribution in [0.25, 0.3) is 16.5 Å². The Labute approximate surface area is 171 Å². The predicted molar refractivity (Wildman–Crippen MR) is 116 cm³/mol. The maximum atomic E-state index is 13.3. The van der Waals surface area contributed by atoms with E-state index in [9.17, 15) is 8.42 Å². The highest BCUT2D eigenvalue weighted by Gasteiger charge is 2.25. The minimum absolute atomic E-state index is 0.260. The van der Waals surface area contributed by atoms with Crippen molar-refractivity contribution < 1.29 is 8.42 Å². The number of hydrogen-bond acceptors (Lipinski definition) is 3. The Morgan fingerprint density at radius 1 is 0.897 bits per heavy atom. The smallest absolute Gasteiger partial charge is 0.238 e. The second-order valence-corrected chi connectivity index (χ2v) is 9.15. The van der Waals surface area contributed by atoms with Crippen molar-refractivity contribution in [3.63, 3.8) is 0 Å². The number of hydrogen-bond donors (Lipinski definition) is 0. The Morgan fingerprint density at radius 3 is 2.31 bits per heavy atom. The summed E-state index contributed by atoms with van der Waals surface area (Å²) in [5.41, 5.74) is 3.64. The zero-order valence-corrected chi connectivity index (χ0v) is 17.5. The van der Waals surface area contributed by atoms with Crippen LogP contribution in [-0.2, 0) is 16.6 Å². The van der Waals surface area contributed by atoms with Gasteiger partial charge >= 0.3 is 0 Å². The number of nitrogens with zero attached hydrogens (tertiary/aromatic N) is 3. The van der Waals surface area contributed by atoms with E-state index >= 15 is 0 Å². The lowest BCUT2D eigenvalue weighted by atomic mass is 10.1. The number of para-hydroxylation sites is 1. The van der Waals surface area contributed by atoms with E-state index in [0.29, 0.717) is 4.90 Å². The fourth-order valence-corrected chi connectivity index (χ4v) is 4.97. The van der Waals surface area contributed by atoms with Gasteiger partial charge in [0.1, 0.15) is 0 Å². The third-order valence-corrected chi connectivity index (χ3v) is 7.12. The van der Waals surface area contributed by atoms with Crippen molar-refractivity contribution in [3.05, 3.63) is 89.7 Å². The van der Waals surface area contributed by atoms with Gasteiger partial charge in [-0.05, 0) is 37.4 Å². The predicted octanol–water partition coefficient (Wildman–Crippen LogP) is 4.46. The molecule has 0 bridgehead atoms. The van der Waals surface area contributed by atoms with Crippen molar-refractivity contribution >= 4 is 20.8 Å². The van der Waals surface area contributed by atoms with Crippen molar-refractivity contribution in [2.75, 3.05) is 7.05 Å². The molecule has 148 valence electrons. The maximum Gasteiger partial charge on any atom is 0.243 e. The number of aryl methyl sites for hydroxylation is 1. The number of benzene rings is 3. The third-order valence-electron chi connectivity index (χ3n) is 5.26. The van der Waals surface area contributed by atoms with Crippen molar-refractivity contribution in [1.29, 1.82) is 0 Å². The first-order valence-corrected chi connectivity index (χ1v) is 10.9. The highest BCUT2D eigenvalue weighted by atomic mass is 32.2. The quantitative estimate of drug-likeness (QED) is 0.492. The molecule has 0 fully saturated rings. The van der Waals surface area contributed by atoms with Gasteiger partial charge in [-0.25, -0.2) is 13.1 Å². The SMILES string of the molecule is Cc1nn(-c2ccccc2)c(C)c1CN(C)S(=O)(=O)c1cccc2ccccc12. The van der Waals surface area contributed by atoms with E-state index in [0.717, 1.165) is 33.4 Å². The molecule has 0 N–H and O–H groups in total. The summed E-state index contributed by atoms with van der Waals surface area (Å²) < 4.78 is 30.0. The zero-order chi connectivity index (χ0) is 20.6. The zero-order valence-electron chi connectivity index (χ0n) is 16.7. The molecule has 0 saturated carbocycles. The fourth-order valence-electron chi connectivity index (χ4n) is 3.62. The lowest BCUT2D eigenvalue weighted by Crippen LogP contribution is -2.27. The van der Waals surface area contributed by atoms with E-state index in [1.165, 1.54) is 4.31 Å². The molecule has 0 spiro atoms. The van der Waals surface area contributed by atoms with Crippen LogP contribution in [0, 0.1) is 13.8 Å². The lowest BCUT2D eigenvalue weighted by Gasteiger charge is -2.19. The molecule has 0 aliphatic rings. The second kappa shape index (κ2) is 7.46. The summed E-state index contributed by atoms with van der Waals surface area (Å²) in [5, 5.41) is 6.27. The van der Waals surface area contributed by atoms with Crippen LogP contribution in [0.4, 0.5) is 0 Å². The van der Waals surface area contributed by atoms with Gasteiger partial charge in [-0.3, -0.25) is 0 Å². The van der Waals surface area contributed by atoms with Crippen LogP contribution in [0.2, 0.25) is 0 Å². The minimum Gasteiger partial charge on any atom is -0.238 e. The molecule has 0 aliphatic carbocycles. The molecule has 29 heavy (non-hydrogen) atoms. The number of rotatable bonds is 5. The van der Waals surface area contributed by atoms with E-state index in [1.807, 2.05) is 79.2 Å². The summed E-state index contributed by atoms with van der Waals surface area (Å²) >= 11 is 0. The Balaban J connectivity index is 1.71. The van der Waals surface area contributed by atoms with Gasteiger partial charge in [-0.15, -0.1) is 0 Å². The largest absolute Gasteiger partial charge is 0.243 e. The number of sulfonamides is 1. The van der Waals surface area contributed by atoms with E-state index in [-0.39, 0.29) is 6.54 Å². The van der Waals surface area contributed by atoms with Crippen LogP contribution < -0.4 is 0 Å². The van der Waals surface area contributed by atoms with Crippen molar-refractivity contribution in [1.82, 2.24) is 14.1 Å². The van der Waals surface area contributed by atoms with E-state index < -0.39 is 10.0 Å². The minimum atomic E-state index is -3.66. The third kappa shape index (κ3) is 3.45. The first kappa shape index (κ1) is 19.4. The first-order valence-electron chi connectivity index (χ1n) is 9.44. The van der Waals surface area contributed by atoms with Gasteiger partial charge in [0.15, 0.2) is 0 Å². The summed E-state index contributed by atoms with van der Waals surface area (Å²) in [6.45, 7) is 4.15. The van der Waals surface area contributed by atoms with Crippen LogP contribution in [0.1, 0.15) is 17.0 Å². The summed E-state index contributed by atoms with van der Waals surface area (Å²) in [4.78, 5) is 0.323. The summed E-state index contributed by atoms with van der Waals surface area (Å²) in [6, 6.07) is 22.8. The van der Waals surface area contributed by atoms with Crippen molar-refractivity contribution in [2.45, 2.75) is 25.3 Å². The highest BCUT2D eigenvalue weighted by Crippen LogP contribution is 2.27. The van der Waals surface area contributed by atoms with Gasteiger partial charge in [0, 0.05) is 30.2 Å². The van der Waals surface area contributed by atoms with Gasteiger partial charge in [-0.1, -0.05) is 54.6 Å². The monoisotopic (exact) mass is 405 g/mol. The van der Waals surface area contributed by atoms with Crippen LogP contribution in [0.3, 0.4) is 0 Å². The Hall–Kier alpha value is -2.96. The van der Waals surface area contributed by atoms with Gasteiger partial charge in [0.2, 0.25) is 10.0 Å². The van der Waals surface area contributed by atoms with Crippen LogP contribution in [0.15, 0.2) is 77.7 Å². The van der Waals surface area contributed by atoms with E-state index in [4.69, 9.17) is 0 Å². The van der Waals surface area contributed by atoms with E-state index in [1.54, 1.807) is 19.2 Å². The Kier molecular flexibility index (Phi) is 4.98. The molecule has 6 heteroatoms. The molecule has 1 aromatic heterocycles. The Morgan fingerprint density at radius 2 is 1.55 bits per heavy atom. The summed E-state index contributed by atoms with van der Waals surface area (Å²) in [7, 11) is -2.04.